The number of piperazine rings is 1. The second kappa shape index (κ2) is 9.19. The minimum absolute atomic E-state index is 0.0252. The molecule has 1 aromatic heterocycles. The fraction of sp³-hybridized carbons (Fsp3) is 0.467. The maximum Gasteiger partial charge on any atom is 0.170 e. The van der Waals surface area contributed by atoms with Crippen LogP contribution < -0.4 is 4.90 Å². The van der Waals surface area contributed by atoms with Crippen molar-refractivity contribution in [3.63, 3.8) is 0 Å². The lowest BCUT2D eigenvalue weighted by Crippen LogP contribution is -2.56. The first kappa shape index (κ1) is 24.0. The third-order valence-corrected chi connectivity index (χ3v) is 8.34. The van der Waals surface area contributed by atoms with E-state index in [1.165, 1.54) is 16.8 Å². The van der Waals surface area contributed by atoms with E-state index in [9.17, 15) is 10.1 Å². The molecule has 0 atom stereocenters. The van der Waals surface area contributed by atoms with E-state index in [1.807, 2.05) is 6.08 Å². The number of rotatable bonds is 3. The number of aromatic nitrogens is 1. The molecule has 1 aromatic carbocycles. The maximum absolute atomic E-state index is 13.0. The zero-order valence-corrected chi connectivity index (χ0v) is 21.7. The summed E-state index contributed by atoms with van der Waals surface area (Å²) in [5, 5.41) is 9.40. The van der Waals surface area contributed by atoms with Gasteiger partial charge in [-0.05, 0) is 34.9 Å². The minimum Gasteiger partial charge on any atom is -0.378 e. The molecule has 0 spiro atoms. The lowest BCUT2D eigenvalue weighted by molar-refractivity contribution is -0.0660. The van der Waals surface area contributed by atoms with Crippen LogP contribution in [-0.2, 0) is 21.3 Å². The number of hydrogen-bond acceptors (Lipinski definition) is 6. The molecule has 4 aliphatic rings. The summed E-state index contributed by atoms with van der Waals surface area (Å²) in [6, 6.07) is 7.28. The van der Waals surface area contributed by atoms with E-state index in [0.717, 1.165) is 67.5 Å². The number of fused-ring (bicyclic) bond motifs is 4. The van der Waals surface area contributed by atoms with Gasteiger partial charge in [-0.3, -0.25) is 9.69 Å². The number of anilines is 1. The number of benzene rings is 1. The van der Waals surface area contributed by atoms with Gasteiger partial charge in [-0.25, -0.2) is 0 Å². The van der Waals surface area contributed by atoms with Gasteiger partial charge in [0.2, 0.25) is 0 Å². The second-order valence-electron chi connectivity index (χ2n) is 10.9. The molecule has 2 aliphatic carbocycles. The van der Waals surface area contributed by atoms with Crippen molar-refractivity contribution < 1.29 is 14.3 Å². The van der Waals surface area contributed by atoms with Crippen molar-refractivity contribution in [3.8, 4) is 17.9 Å². The molecule has 0 saturated carbocycles. The Morgan fingerprint density at radius 2 is 1.97 bits per heavy atom. The number of aromatic amines is 1. The molecule has 0 unspecified atom stereocenters. The summed E-state index contributed by atoms with van der Waals surface area (Å²) in [5.74, 6) is 6.56. The predicted molar refractivity (Wildman–Crippen MR) is 142 cm³/mol. The van der Waals surface area contributed by atoms with Crippen LogP contribution in [0.25, 0.3) is 6.08 Å². The van der Waals surface area contributed by atoms with Crippen molar-refractivity contribution in [1.82, 2.24) is 9.88 Å². The van der Waals surface area contributed by atoms with Crippen LogP contribution in [0.5, 0.6) is 0 Å². The highest BCUT2D eigenvalue weighted by atomic mass is 16.5. The highest BCUT2D eigenvalue weighted by molar-refractivity contribution is 6.06. The largest absolute Gasteiger partial charge is 0.378 e. The maximum atomic E-state index is 13.0. The number of nitrogens with zero attached hydrogens (tertiary/aromatic N) is 3. The fourth-order valence-electron chi connectivity index (χ4n) is 6.27. The fourth-order valence-corrected chi connectivity index (χ4v) is 6.27. The molecule has 190 valence electrons. The zero-order valence-electron chi connectivity index (χ0n) is 21.7. The number of hydrogen-bond donors (Lipinski definition) is 1. The second-order valence-corrected chi connectivity index (χ2v) is 10.9. The van der Waals surface area contributed by atoms with Crippen LogP contribution in [0.2, 0.25) is 0 Å². The molecule has 6 rings (SSSR count). The van der Waals surface area contributed by atoms with Gasteiger partial charge < -0.3 is 19.4 Å². The van der Waals surface area contributed by atoms with E-state index in [-0.39, 0.29) is 17.6 Å². The molecule has 3 heterocycles. The molecule has 37 heavy (non-hydrogen) atoms. The Labute approximate surface area is 218 Å². The van der Waals surface area contributed by atoms with E-state index >= 15 is 0 Å². The smallest absolute Gasteiger partial charge is 0.170 e. The van der Waals surface area contributed by atoms with Crippen molar-refractivity contribution in [2.24, 2.45) is 0 Å². The van der Waals surface area contributed by atoms with Gasteiger partial charge in [0.15, 0.2) is 5.78 Å². The lowest BCUT2D eigenvalue weighted by atomic mass is 9.70. The Morgan fingerprint density at radius 3 is 2.65 bits per heavy atom. The van der Waals surface area contributed by atoms with Crippen molar-refractivity contribution >= 4 is 17.5 Å². The van der Waals surface area contributed by atoms with E-state index in [4.69, 9.17) is 9.47 Å². The standard InChI is InChI=1S/C30H32N4O3/c1-30(2)24-15-26(34-8-6-33(7-9-34)22-17-37-18-22)20(5-4-10-36-3)13-21(24)14-23-28-25(32-29(23)30)11-19(16-31)12-27(28)35/h11,13,15,22,32H,6-10,12,14,17-18H2,1-3H3. The first-order valence-electron chi connectivity index (χ1n) is 13.0. The quantitative estimate of drug-likeness (QED) is 0.657. The van der Waals surface area contributed by atoms with Crippen molar-refractivity contribution in [1.29, 1.82) is 5.26 Å². The summed E-state index contributed by atoms with van der Waals surface area (Å²) >= 11 is 0. The van der Waals surface area contributed by atoms with Gasteiger partial charge >= 0.3 is 0 Å². The lowest BCUT2D eigenvalue weighted by Gasteiger charge is -2.44. The topological polar surface area (TPSA) is 81.6 Å². The molecule has 2 saturated heterocycles. The van der Waals surface area contributed by atoms with Crippen molar-refractivity contribution in [3.05, 3.63) is 56.9 Å². The van der Waals surface area contributed by atoms with E-state index in [2.05, 4.69) is 58.7 Å². The molecule has 2 aliphatic heterocycles. The van der Waals surface area contributed by atoms with Gasteiger partial charge in [-0.1, -0.05) is 25.7 Å². The Morgan fingerprint density at radius 1 is 1.19 bits per heavy atom. The molecule has 1 N–H and O–H groups in total. The third-order valence-electron chi connectivity index (χ3n) is 8.34. The van der Waals surface area contributed by atoms with Gasteiger partial charge in [0, 0.05) is 73.9 Å². The van der Waals surface area contributed by atoms with Crippen LogP contribution >= 0.6 is 0 Å². The average Bonchev–Trinajstić information content (AvgIpc) is 3.23. The van der Waals surface area contributed by atoms with Gasteiger partial charge in [0.1, 0.15) is 6.61 Å². The number of Topliss-reactive ketones (excluding diaryl/α,β-unsaturated/α-hetero) is 1. The first-order valence-corrected chi connectivity index (χ1v) is 13.0. The zero-order chi connectivity index (χ0) is 25.7. The summed E-state index contributed by atoms with van der Waals surface area (Å²) in [6.45, 7) is 10.5. The van der Waals surface area contributed by atoms with Crippen molar-refractivity contribution in [2.45, 2.75) is 38.1 Å². The van der Waals surface area contributed by atoms with Crippen LogP contribution in [0.3, 0.4) is 0 Å². The highest BCUT2D eigenvalue weighted by Gasteiger charge is 2.40. The molecular weight excluding hydrogens is 464 g/mol. The Bertz CT molecular complexity index is 1400. The minimum atomic E-state index is -0.320. The summed E-state index contributed by atoms with van der Waals surface area (Å²) in [4.78, 5) is 21.6. The monoisotopic (exact) mass is 496 g/mol. The van der Waals surface area contributed by atoms with E-state index < -0.39 is 0 Å². The number of methoxy groups -OCH3 is 1. The molecule has 0 radical (unpaired) electrons. The van der Waals surface area contributed by atoms with Crippen LogP contribution in [0.1, 0.15) is 64.3 Å². The van der Waals surface area contributed by atoms with Gasteiger partial charge in [0.25, 0.3) is 0 Å². The average molecular weight is 497 g/mol. The SMILES string of the molecule is COCC#Cc1cc2c(cc1N1CCN(C3COC3)CC1)C(C)(C)c1[nH]c3c(c1C2)C(=O)CC(C#N)=C3. The van der Waals surface area contributed by atoms with Crippen molar-refractivity contribution in [2.75, 3.05) is 58.0 Å². The molecule has 0 bridgehead atoms. The highest BCUT2D eigenvalue weighted by Crippen LogP contribution is 2.46. The van der Waals surface area contributed by atoms with Gasteiger partial charge in [-0.2, -0.15) is 5.26 Å². The summed E-state index contributed by atoms with van der Waals surface area (Å²) in [6.07, 6.45) is 2.69. The summed E-state index contributed by atoms with van der Waals surface area (Å²) < 4.78 is 10.6. The number of H-pyrrole nitrogens is 1. The summed E-state index contributed by atoms with van der Waals surface area (Å²) in [7, 11) is 1.66. The van der Waals surface area contributed by atoms with Crippen LogP contribution in [0.15, 0.2) is 17.7 Å². The Balaban J connectivity index is 1.40. The molecule has 2 fully saturated rings. The Kier molecular flexibility index (Phi) is 5.96. The number of carbonyl (C=O) groups excluding carboxylic acids is 1. The normalized spacial score (nSPS) is 20.5. The number of allylic oxidation sites excluding steroid dienone is 1. The summed E-state index contributed by atoms with van der Waals surface area (Å²) in [5.41, 5.74) is 8.50. The van der Waals surface area contributed by atoms with E-state index in [0.29, 0.717) is 24.6 Å². The number of carbonyl (C=O) groups is 1. The van der Waals surface area contributed by atoms with Crippen LogP contribution in [0.4, 0.5) is 5.69 Å². The molecule has 7 nitrogen and oxygen atoms in total. The number of ketones is 1. The predicted octanol–water partition coefficient (Wildman–Crippen LogP) is 3.26. The third kappa shape index (κ3) is 3.99. The van der Waals surface area contributed by atoms with Gasteiger partial charge in [0.05, 0.1) is 36.7 Å². The Hall–Kier alpha value is -3.36. The molecule has 0 amide bonds. The number of nitrogens with one attached hydrogen (secondary N) is 1. The van der Waals surface area contributed by atoms with Crippen LogP contribution in [-0.4, -0.2) is 74.8 Å². The van der Waals surface area contributed by atoms with Crippen LogP contribution in [0, 0.1) is 23.2 Å². The van der Waals surface area contributed by atoms with Gasteiger partial charge in [-0.15, -0.1) is 0 Å². The molecule has 7 heteroatoms. The number of nitriles is 1. The van der Waals surface area contributed by atoms with E-state index in [1.54, 1.807) is 7.11 Å². The molecule has 2 aromatic rings. The molecular formula is C30H32N4O3. The number of ether oxygens (including phenoxy) is 2. The first-order chi connectivity index (χ1) is 17.9.